The van der Waals surface area contributed by atoms with E-state index in [1.807, 2.05) is 72.8 Å². The molecule has 3 aromatic carbocycles. The lowest BCUT2D eigenvalue weighted by Gasteiger charge is -2.41. The van der Waals surface area contributed by atoms with E-state index in [1.165, 1.54) is 17.8 Å². The molecule has 0 bridgehead atoms. The standard InChI is InChI=1S/C36H36N2O7S/c1-3-17-43-36(42)38-20-25-7-4-8-27(18-25)28-9-5-10-29(19-28)35-44-31(22-46-33-30(34(40)41)11-6-16-37-33)23(2)32(45-35)26-14-12-24(21-39)13-15-26/h3-16,18-19,23,31-32,35,39H,1,17,20-22H2,2H3,(H,38,42)(H,40,41). The Labute approximate surface area is 272 Å². The molecule has 1 aliphatic rings. The molecule has 1 amide bonds. The first-order valence-electron chi connectivity index (χ1n) is 14.9. The fourth-order valence-electron chi connectivity index (χ4n) is 5.23. The Morgan fingerprint density at radius 3 is 2.48 bits per heavy atom. The van der Waals surface area contributed by atoms with Crippen LogP contribution in [0.2, 0.25) is 0 Å². The van der Waals surface area contributed by atoms with Crippen molar-refractivity contribution in [1.82, 2.24) is 10.3 Å². The highest BCUT2D eigenvalue weighted by molar-refractivity contribution is 7.99. The second-order valence-electron chi connectivity index (χ2n) is 10.9. The van der Waals surface area contributed by atoms with Gasteiger partial charge in [0, 0.05) is 30.0 Å². The van der Waals surface area contributed by atoms with E-state index in [0.29, 0.717) is 17.3 Å². The van der Waals surface area contributed by atoms with Crippen molar-refractivity contribution in [2.24, 2.45) is 5.92 Å². The van der Waals surface area contributed by atoms with Crippen molar-refractivity contribution in [1.29, 1.82) is 0 Å². The predicted octanol–water partition coefficient (Wildman–Crippen LogP) is 6.94. The largest absolute Gasteiger partial charge is 0.478 e. The minimum absolute atomic E-state index is 0.0498. The van der Waals surface area contributed by atoms with Gasteiger partial charge in [0.2, 0.25) is 0 Å². The smallest absolute Gasteiger partial charge is 0.407 e. The molecule has 1 saturated heterocycles. The van der Waals surface area contributed by atoms with E-state index in [4.69, 9.17) is 14.2 Å². The highest BCUT2D eigenvalue weighted by atomic mass is 32.2. The van der Waals surface area contributed by atoms with E-state index in [9.17, 15) is 19.8 Å². The van der Waals surface area contributed by atoms with E-state index in [-0.39, 0.29) is 36.9 Å². The van der Waals surface area contributed by atoms with Crippen LogP contribution in [0.4, 0.5) is 4.79 Å². The molecule has 1 fully saturated rings. The van der Waals surface area contributed by atoms with Gasteiger partial charge in [-0.3, -0.25) is 0 Å². The van der Waals surface area contributed by atoms with Crippen molar-refractivity contribution in [2.75, 3.05) is 12.4 Å². The van der Waals surface area contributed by atoms with Gasteiger partial charge in [0.05, 0.1) is 24.4 Å². The Balaban J connectivity index is 1.39. The number of pyridine rings is 1. The third-order valence-corrected chi connectivity index (χ3v) is 8.79. The topological polar surface area (TPSA) is 127 Å². The predicted molar refractivity (Wildman–Crippen MR) is 175 cm³/mol. The number of carboxylic acid groups (broad SMARTS) is 1. The number of hydrogen-bond acceptors (Lipinski definition) is 8. The summed E-state index contributed by atoms with van der Waals surface area (Å²) < 4.78 is 18.2. The molecule has 0 radical (unpaired) electrons. The van der Waals surface area contributed by atoms with Gasteiger partial charge in [-0.1, -0.05) is 80.2 Å². The summed E-state index contributed by atoms with van der Waals surface area (Å²) in [6.45, 7) is 6.01. The highest BCUT2D eigenvalue weighted by Gasteiger charge is 2.38. The van der Waals surface area contributed by atoms with E-state index < -0.39 is 18.4 Å². The number of carbonyl (C=O) groups excluding carboxylic acids is 1. The maximum atomic E-state index is 11.9. The summed E-state index contributed by atoms with van der Waals surface area (Å²) in [5.41, 5.74) is 5.58. The lowest BCUT2D eigenvalue weighted by atomic mass is 9.91. The zero-order valence-corrected chi connectivity index (χ0v) is 26.2. The van der Waals surface area contributed by atoms with Crippen LogP contribution in [0.25, 0.3) is 11.1 Å². The molecule has 4 unspecified atom stereocenters. The molecule has 10 heteroatoms. The molecule has 0 aliphatic carbocycles. The number of aliphatic hydroxyl groups excluding tert-OH is 1. The van der Waals surface area contributed by atoms with Crippen LogP contribution in [0, 0.1) is 5.92 Å². The van der Waals surface area contributed by atoms with Crippen LogP contribution in [0.1, 0.15) is 51.9 Å². The first kappa shape index (κ1) is 32.9. The van der Waals surface area contributed by atoms with Crippen LogP contribution in [0.3, 0.4) is 0 Å². The van der Waals surface area contributed by atoms with Crippen LogP contribution >= 0.6 is 11.8 Å². The number of carbonyl (C=O) groups is 2. The molecule has 2 heterocycles. The minimum Gasteiger partial charge on any atom is -0.478 e. The maximum Gasteiger partial charge on any atom is 0.407 e. The normalized spacial score (nSPS) is 19.3. The molecule has 3 N–H and O–H groups in total. The van der Waals surface area contributed by atoms with Crippen molar-refractivity contribution in [2.45, 2.75) is 43.6 Å². The quantitative estimate of drug-likeness (QED) is 0.112. The molecule has 1 aromatic heterocycles. The Kier molecular flexibility index (Phi) is 11.2. The van der Waals surface area contributed by atoms with Crippen molar-refractivity contribution in [3.05, 3.63) is 132 Å². The second kappa shape index (κ2) is 15.7. The van der Waals surface area contributed by atoms with Crippen molar-refractivity contribution in [3.63, 3.8) is 0 Å². The van der Waals surface area contributed by atoms with E-state index >= 15 is 0 Å². The fraction of sp³-hybridized carbons (Fsp3) is 0.250. The molecular weight excluding hydrogens is 604 g/mol. The van der Waals surface area contributed by atoms with Gasteiger partial charge < -0.3 is 29.7 Å². The molecule has 4 atom stereocenters. The van der Waals surface area contributed by atoms with Gasteiger partial charge in [0.15, 0.2) is 6.29 Å². The number of nitrogens with zero attached hydrogens (tertiary/aromatic N) is 1. The number of carboxylic acids is 1. The van der Waals surface area contributed by atoms with Gasteiger partial charge in [0.25, 0.3) is 0 Å². The molecule has 0 saturated carbocycles. The summed E-state index contributed by atoms with van der Waals surface area (Å²) in [6, 6.07) is 26.7. The minimum atomic E-state index is -1.03. The molecular formula is C36H36N2O7S. The Hall–Kier alpha value is -4.48. The summed E-state index contributed by atoms with van der Waals surface area (Å²) in [4.78, 5) is 28.0. The monoisotopic (exact) mass is 640 g/mol. The van der Waals surface area contributed by atoms with Crippen LogP contribution in [-0.4, -0.2) is 45.7 Å². The summed E-state index contributed by atoms with van der Waals surface area (Å²) in [5, 5.41) is 22.4. The van der Waals surface area contributed by atoms with Crippen molar-refractivity contribution < 1.29 is 34.0 Å². The van der Waals surface area contributed by atoms with Crippen molar-refractivity contribution in [3.8, 4) is 11.1 Å². The van der Waals surface area contributed by atoms with Gasteiger partial charge in [-0.05, 0) is 52.1 Å². The van der Waals surface area contributed by atoms with Crippen molar-refractivity contribution >= 4 is 23.8 Å². The number of alkyl carbamates (subject to hydrolysis) is 1. The van der Waals surface area contributed by atoms with E-state index in [1.54, 1.807) is 18.3 Å². The first-order chi connectivity index (χ1) is 22.4. The maximum absolute atomic E-state index is 11.9. The molecule has 1 aliphatic heterocycles. The number of aromatic nitrogens is 1. The highest BCUT2D eigenvalue weighted by Crippen LogP contribution is 2.43. The number of hydrogen-bond donors (Lipinski definition) is 3. The Bertz CT molecular complexity index is 1660. The Morgan fingerprint density at radius 2 is 1.74 bits per heavy atom. The van der Waals surface area contributed by atoms with Crippen LogP contribution in [-0.2, 0) is 27.4 Å². The first-order valence-corrected chi connectivity index (χ1v) is 15.9. The zero-order chi connectivity index (χ0) is 32.5. The third kappa shape index (κ3) is 8.21. The number of nitrogens with one attached hydrogen (secondary N) is 1. The van der Waals surface area contributed by atoms with Crippen LogP contribution < -0.4 is 5.32 Å². The molecule has 0 spiro atoms. The molecule has 5 rings (SSSR count). The molecule has 238 valence electrons. The number of aromatic carboxylic acids is 1. The molecule has 9 nitrogen and oxygen atoms in total. The number of ether oxygens (including phenoxy) is 3. The average Bonchev–Trinajstić information content (AvgIpc) is 3.09. The lowest BCUT2D eigenvalue weighted by molar-refractivity contribution is -0.268. The average molecular weight is 641 g/mol. The van der Waals surface area contributed by atoms with Crippen LogP contribution in [0.15, 0.2) is 109 Å². The van der Waals surface area contributed by atoms with Gasteiger partial charge in [-0.25, -0.2) is 14.6 Å². The summed E-state index contributed by atoms with van der Waals surface area (Å²) >= 11 is 1.35. The van der Waals surface area contributed by atoms with Gasteiger partial charge in [-0.2, -0.15) is 0 Å². The van der Waals surface area contributed by atoms with Gasteiger partial charge >= 0.3 is 12.1 Å². The second-order valence-corrected chi connectivity index (χ2v) is 11.9. The summed E-state index contributed by atoms with van der Waals surface area (Å²) in [5.74, 6) is -0.639. The summed E-state index contributed by atoms with van der Waals surface area (Å²) in [6.07, 6.45) is 1.27. The van der Waals surface area contributed by atoms with Gasteiger partial charge in [0.1, 0.15) is 11.6 Å². The third-order valence-electron chi connectivity index (χ3n) is 7.70. The van der Waals surface area contributed by atoms with Gasteiger partial charge in [-0.15, -0.1) is 11.8 Å². The number of benzene rings is 3. The lowest BCUT2D eigenvalue weighted by Crippen LogP contribution is -2.38. The fourth-order valence-corrected chi connectivity index (χ4v) is 6.38. The Morgan fingerprint density at radius 1 is 0.978 bits per heavy atom. The number of amides is 1. The van der Waals surface area contributed by atoms with E-state index in [0.717, 1.165) is 33.4 Å². The van der Waals surface area contributed by atoms with Crippen LogP contribution in [0.5, 0.6) is 0 Å². The SMILES string of the molecule is C=CCOC(=O)NCc1cccc(-c2cccc(C3OC(CSc4ncccc4C(=O)O)C(C)C(c4ccc(CO)cc4)O3)c2)c1. The van der Waals surface area contributed by atoms with E-state index in [2.05, 4.69) is 23.8 Å². The number of aliphatic hydroxyl groups is 1. The molecule has 4 aromatic rings. The number of rotatable bonds is 12. The summed E-state index contributed by atoms with van der Waals surface area (Å²) in [7, 11) is 0. The number of thioether (sulfide) groups is 1. The molecule has 46 heavy (non-hydrogen) atoms. The zero-order valence-electron chi connectivity index (χ0n) is 25.4.